The summed E-state index contributed by atoms with van der Waals surface area (Å²) >= 11 is 0. The van der Waals surface area contributed by atoms with Crippen LogP contribution >= 0.6 is 0 Å². The molecule has 2 nitrogen and oxygen atoms in total. The molecule has 0 aliphatic heterocycles. The Labute approximate surface area is 103 Å². The zero-order valence-electron chi connectivity index (χ0n) is 11.0. The van der Waals surface area contributed by atoms with Gasteiger partial charge in [0.25, 0.3) is 0 Å². The van der Waals surface area contributed by atoms with Crippen molar-refractivity contribution in [3.05, 3.63) is 23.8 Å². The van der Waals surface area contributed by atoms with Crippen molar-refractivity contribution in [3.8, 4) is 0 Å². The number of hydrogen-bond donors (Lipinski definition) is 1. The Morgan fingerprint density at radius 1 is 1.47 bits per heavy atom. The first-order chi connectivity index (χ1) is 7.80. The second kappa shape index (κ2) is 4.09. The Hall–Kier alpha value is -0.890. The van der Waals surface area contributed by atoms with Crippen LogP contribution in [0.15, 0.2) is 23.8 Å². The fourth-order valence-electron chi connectivity index (χ4n) is 3.35. The van der Waals surface area contributed by atoms with Crippen LogP contribution in [0.25, 0.3) is 0 Å². The summed E-state index contributed by atoms with van der Waals surface area (Å²) in [5, 5.41) is 10.3. The lowest BCUT2D eigenvalue weighted by Crippen LogP contribution is -2.43. The number of fused-ring (bicyclic) bond motifs is 1. The van der Waals surface area contributed by atoms with Crippen LogP contribution in [0.2, 0.25) is 0 Å². The number of aliphatic hydroxyl groups is 1. The summed E-state index contributed by atoms with van der Waals surface area (Å²) in [6.07, 6.45) is 4.57. The minimum Gasteiger partial charge on any atom is -0.390 e. The molecular formula is C15H22O2. The summed E-state index contributed by atoms with van der Waals surface area (Å²) in [6.45, 7) is 9.75. The maximum absolute atomic E-state index is 11.8. The van der Waals surface area contributed by atoms with Crippen LogP contribution in [0, 0.1) is 17.8 Å². The monoisotopic (exact) mass is 234 g/mol. The molecule has 1 saturated carbocycles. The van der Waals surface area contributed by atoms with Crippen molar-refractivity contribution in [3.63, 3.8) is 0 Å². The van der Waals surface area contributed by atoms with Crippen LogP contribution < -0.4 is 0 Å². The lowest BCUT2D eigenvalue weighted by Gasteiger charge is -2.45. The summed E-state index contributed by atoms with van der Waals surface area (Å²) in [5.74, 6) is 1.01. The van der Waals surface area contributed by atoms with E-state index in [1.165, 1.54) is 5.57 Å². The molecule has 0 radical (unpaired) electrons. The summed E-state index contributed by atoms with van der Waals surface area (Å²) in [6, 6.07) is 0. The van der Waals surface area contributed by atoms with Crippen LogP contribution in [0.4, 0.5) is 0 Å². The van der Waals surface area contributed by atoms with Crippen molar-refractivity contribution < 1.29 is 9.90 Å². The van der Waals surface area contributed by atoms with E-state index in [2.05, 4.69) is 12.7 Å². The number of rotatable bonds is 1. The third-order valence-electron chi connectivity index (χ3n) is 4.43. The molecule has 0 unspecified atom stereocenters. The van der Waals surface area contributed by atoms with E-state index in [1.54, 1.807) is 0 Å². The van der Waals surface area contributed by atoms with Crippen LogP contribution in [0.5, 0.6) is 0 Å². The third-order valence-corrected chi connectivity index (χ3v) is 4.43. The second-order valence-electron chi connectivity index (χ2n) is 6.12. The standard InChI is InChI=1S/C15H22O2/c1-9-5-6-13(15(3,4)17)12-7-10(2)14(16)8-11(9)12/h7,11-13,17H,1,5-6,8H2,2-4H3/t11-,12+,13+/m0/s1. The highest BCUT2D eigenvalue weighted by molar-refractivity contribution is 5.96. The number of carbonyl (C=O) groups is 1. The molecular weight excluding hydrogens is 212 g/mol. The number of hydrogen-bond acceptors (Lipinski definition) is 2. The highest BCUT2D eigenvalue weighted by atomic mass is 16.3. The first kappa shape index (κ1) is 12.6. The van der Waals surface area contributed by atoms with Crippen molar-refractivity contribution >= 4 is 5.78 Å². The molecule has 17 heavy (non-hydrogen) atoms. The van der Waals surface area contributed by atoms with Gasteiger partial charge in [-0.1, -0.05) is 18.2 Å². The van der Waals surface area contributed by atoms with Crippen molar-refractivity contribution in [1.82, 2.24) is 0 Å². The van der Waals surface area contributed by atoms with Crippen LogP contribution in [-0.4, -0.2) is 16.5 Å². The van der Waals surface area contributed by atoms with Gasteiger partial charge in [-0.15, -0.1) is 0 Å². The van der Waals surface area contributed by atoms with Gasteiger partial charge in [-0.3, -0.25) is 4.79 Å². The minimum absolute atomic E-state index is 0.237. The fourth-order valence-corrected chi connectivity index (χ4v) is 3.35. The minimum atomic E-state index is -0.680. The number of Topliss-reactive ketones (excluding diaryl/α,β-unsaturated/α-hetero) is 1. The number of allylic oxidation sites excluding steroid dienone is 3. The predicted molar refractivity (Wildman–Crippen MR) is 68.5 cm³/mol. The summed E-state index contributed by atoms with van der Waals surface area (Å²) < 4.78 is 0. The van der Waals surface area contributed by atoms with E-state index >= 15 is 0 Å². The molecule has 2 heteroatoms. The van der Waals surface area contributed by atoms with Crippen molar-refractivity contribution in [2.24, 2.45) is 17.8 Å². The van der Waals surface area contributed by atoms with E-state index in [1.807, 2.05) is 20.8 Å². The quantitative estimate of drug-likeness (QED) is 0.708. The van der Waals surface area contributed by atoms with Gasteiger partial charge in [0.05, 0.1) is 5.60 Å². The largest absolute Gasteiger partial charge is 0.390 e. The summed E-state index contributed by atoms with van der Waals surface area (Å²) in [4.78, 5) is 11.8. The summed E-state index contributed by atoms with van der Waals surface area (Å²) in [5.41, 5.74) is 1.36. The molecule has 94 valence electrons. The Morgan fingerprint density at radius 2 is 2.12 bits per heavy atom. The molecule has 2 rings (SSSR count). The normalized spacial score (nSPS) is 34.4. The van der Waals surface area contributed by atoms with Gasteiger partial charge in [0.15, 0.2) is 5.78 Å². The van der Waals surface area contributed by atoms with Gasteiger partial charge in [0, 0.05) is 6.42 Å². The lowest BCUT2D eigenvalue weighted by molar-refractivity contribution is -0.118. The number of ketones is 1. The zero-order chi connectivity index (χ0) is 12.8. The van der Waals surface area contributed by atoms with Gasteiger partial charge in [-0.25, -0.2) is 0 Å². The average Bonchev–Trinajstić information content (AvgIpc) is 2.19. The van der Waals surface area contributed by atoms with Crippen LogP contribution in [0.3, 0.4) is 0 Å². The molecule has 0 aromatic heterocycles. The molecule has 0 amide bonds. The molecule has 0 spiro atoms. The van der Waals surface area contributed by atoms with Gasteiger partial charge >= 0.3 is 0 Å². The maximum atomic E-state index is 11.8. The fraction of sp³-hybridized carbons (Fsp3) is 0.667. The summed E-state index contributed by atoms with van der Waals surface area (Å²) in [7, 11) is 0. The van der Waals surface area contributed by atoms with E-state index in [4.69, 9.17) is 0 Å². The van der Waals surface area contributed by atoms with Gasteiger partial charge in [0.2, 0.25) is 0 Å². The van der Waals surface area contributed by atoms with Crippen LogP contribution in [0.1, 0.15) is 40.0 Å². The molecule has 0 heterocycles. The van der Waals surface area contributed by atoms with E-state index in [0.29, 0.717) is 6.42 Å². The lowest BCUT2D eigenvalue weighted by atomic mass is 9.61. The van der Waals surface area contributed by atoms with E-state index in [9.17, 15) is 9.90 Å². The molecule has 0 bridgehead atoms. The Balaban J connectivity index is 2.36. The maximum Gasteiger partial charge on any atom is 0.158 e. The molecule has 3 atom stereocenters. The second-order valence-corrected chi connectivity index (χ2v) is 6.12. The van der Waals surface area contributed by atoms with Gasteiger partial charge in [-0.05, 0) is 56.9 Å². The molecule has 1 N–H and O–H groups in total. The predicted octanol–water partition coefficient (Wildman–Crippen LogP) is 2.88. The first-order valence-electron chi connectivity index (χ1n) is 6.42. The van der Waals surface area contributed by atoms with Crippen LogP contribution in [-0.2, 0) is 4.79 Å². The van der Waals surface area contributed by atoms with Gasteiger partial charge < -0.3 is 5.11 Å². The average molecular weight is 234 g/mol. The SMILES string of the molecule is C=C1CC[C@@H](C(C)(C)O)[C@@H]2C=C(C)C(=O)C[C@@H]12. The molecule has 2 aliphatic rings. The molecule has 0 aromatic rings. The topological polar surface area (TPSA) is 37.3 Å². The third kappa shape index (κ3) is 2.23. The Bertz CT molecular complexity index is 384. The highest BCUT2D eigenvalue weighted by Gasteiger charge is 2.43. The number of carbonyl (C=O) groups excluding carboxylic acids is 1. The Morgan fingerprint density at radius 3 is 2.71 bits per heavy atom. The molecule has 0 saturated heterocycles. The molecule has 0 aromatic carbocycles. The highest BCUT2D eigenvalue weighted by Crippen LogP contribution is 2.47. The van der Waals surface area contributed by atoms with E-state index < -0.39 is 5.60 Å². The smallest absolute Gasteiger partial charge is 0.158 e. The van der Waals surface area contributed by atoms with Crippen molar-refractivity contribution in [2.75, 3.05) is 0 Å². The first-order valence-corrected chi connectivity index (χ1v) is 6.42. The van der Waals surface area contributed by atoms with E-state index in [-0.39, 0.29) is 23.5 Å². The molecule has 2 aliphatic carbocycles. The van der Waals surface area contributed by atoms with E-state index in [0.717, 1.165) is 18.4 Å². The van der Waals surface area contributed by atoms with Gasteiger partial charge in [0.1, 0.15) is 0 Å². The zero-order valence-corrected chi connectivity index (χ0v) is 11.0. The van der Waals surface area contributed by atoms with Crippen molar-refractivity contribution in [1.29, 1.82) is 0 Å². The molecule has 1 fully saturated rings. The Kier molecular flexibility index (Phi) is 3.03. The van der Waals surface area contributed by atoms with Gasteiger partial charge in [-0.2, -0.15) is 0 Å². The van der Waals surface area contributed by atoms with Crippen molar-refractivity contribution in [2.45, 2.75) is 45.6 Å².